The SMILES string of the molecule is CC(CN=C(N)NCCCN1CCOCC1)N1CCc2ccccc21. The molecule has 2 aliphatic heterocycles. The third-order valence-corrected chi connectivity index (χ3v) is 5.04. The van der Waals surface area contributed by atoms with Gasteiger partial charge in [0.1, 0.15) is 0 Å². The van der Waals surface area contributed by atoms with E-state index in [0.717, 1.165) is 65.3 Å². The number of aliphatic imine (C=N–C) groups is 1. The van der Waals surface area contributed by atoms with Gasteiger partial charge in [-0.05, 0) is 37.9 Å². The zero-order valence-electron chi connectivity index (χ0n) is 15.3. The highest BCUT2D eigenvalue weighted by molar-refractivity contribution is 5.77. The molecule has 0 aromatic heterocycles. The van der Waals surface area contributed by atoms with Gasteiger partial charge in [-0.1, -0.05) is 18.2 Å². The molecule has 1 saturated heterocycles. The van der Waals surface area contributed by atoms with Crippen LogP contribution in [0.1, 0.15) is 18.9 Å². The summed E-state index contributed by atoms with van der Waals surface area (Å²) in [7, 11) is 0. The molecule has 3 N–H and O–H groups in total. The summed E-state index contributed by atoms with van der Waals surface area (Å²) in [6.45, 7) is 9.76. The lowest BCUT2D eigenvalue weighted by Gasteiger charge is -2.26. The molecule has 1 aromatic carbocycles. The second-order valence-corrected chi connectivity index (χ2v) is 6.88. The van der Waals surface area contributed by atoms with Gasteiger partial charge in [0.05, 0.1) is 19.8 Å². The van der Waals surface area contributed by atoms with E-state index in [-0.39, 0.29) is 0 Å². The molecule has 2 aliphatic rings. The number of morpholine rings is 1. The minimum absolute atomic E-state index is 0.359. The van der Waals surface area contributed by atoms with Crippen molar-refractivity contribution < 1.29 is 4.74 Å². The largest absolute Gasteiger partial charge is 0.379 e. The van der Waals surface area contributed by atoms with Crippen LogP contribution in [-0.2, 0) is 11.2 Å². The van der Waals surface area contributed by atoms with Gasteiger partial charge in [0.25, 0.3) is 0 Å². The minimum atomic E-state index is 0.359. The van der Waals surface area contributed by atoms with Crippen LogP contribution in [0.4, 0.5) is 5.69 Å². The highest BCUT2D eigenvalue weighted by atomic mass is 16.5. The zero-order chi connectivity index (χ0) is 17.5. The standard InChI is InChI=1S/C19H31N5O/c1-16(24-10-7-17-5-2-3-6-18(17)24)15-22-19(20)21-8-4-9-23-11-13-25-14-12-23/h2-3,5-6,16H,4,7-15H2,1H3,(H3,20,21,22). The van der Waals surface area contributed by atoms with Gasteiger partial charge in [-0.2, -0.15) is 0 Å². The Morgan fingerprint density at radius 1 is 1.28 bits per heavy atom. The van der Waals surface area contributed by atoms with Crippen LogP contribution in [-0.4, -0.2) is 69.4 Å². The Morgan fingerprint density at radius 3 is 2.92 bits per heavy atom. The van der Waals surface area contributed by atoms with Gasteiger partial charge < -0.3 is 20.7 Å². The first-order chi connectivity index (χ1) is 12.2. The van der Waals surface area contributed by atoms with E-state index in [2.05, 4.69) is 51.3 Å². The molecular formula is C19H31N5O. The van der Waals surface area contributed by atoms with Crippen molar-refractivity contribution in [2.24, 2.45) is 10.7 Å². The maximum absolute atomic E-state index is 6.02. The number of hydrogen-bond donors (Lipinski definition) is 2. The van der Waals surface area contributed by atoms with Crippen LogP contribution >= 0.6 is 0 Å². The molecular weight excluding hydrogens is 314 g/mol. The minimum Gasteiger partial charge on any atom is -0.379 e. The molecule has 1 unspecified atom stereocenters. The van der Waals surface area contributed by atoms with E-state index >= 15 is 0 Å². The Morgan fingerprint density at radius 2 is 2.08 bits per heavy atom. The van der Waals surface area contributed by atoms with Crippen molar-refractivity contribution >= 4 is 11.6 Å². The van der Waals surface area contributed by atoms with Gasteiger partial charge in [0, 0.05) is 37.9 Å². The van der Waals surface area contributed by atoms with E-state index in [1.54, 1.807) is 0 Å². The maximum Gasteiger partial charge on any atom is 0.188 e. The van der Waals surface area contributed by atoms with Crippen molar-refractivity contribution in [1.29, 1.82) is 0 Å². The summed E-state index contributed by atoms with van der Waals surface area (Å²) in [4.78, 5) is 9.40. The fourth-order valence-corrected chi connectivity index (χ4v) is 3.55. The predicted octanol–water partition coefficient (Wildman–Crippen LogP) is 1.06. The average Bonchev–Trinajstić information content (AvgIpc) is 3.08. The molecule has 0 spiro atoms. The van der Waals surface area contributed by atoms with Crippen LogP contribution in [0.2, 0.25) is 0 Å². The van der Waals surface area contributed by atoms with Crippen LogP contribution in [0, 0.1) is 0 Å². The van der Waals surface area contributed by atoms with E-state index in [0.29, 0.717) is 12.0 Å². The second kappa shape index (κ2) is 9.06. The average molecular weight is 345 g/mol. The molecule has 0 saturated carbocycles. The van der Waals surface area contributed by atoms with Crippen LogP contribution < -0.4 is 16.0 Å². The number of nitrogens with one attached hydrogen (secondary N) is 1. The number of para-hydroxylation sites is 1. The molecule has 0 bridgehead atoms. The monoisotopic (exact) mass is 345 g/mol. The van der Waals surface area contributed by atoms with Gasteiger partial charge in [-0.25, -0.2) is 0 Å². The first-order valence-corrected chi connectivity index (χ1v) is 9.42. The van der Waals surface area contributed by atoms with Crippen molar-refractivity contribution in [2.45, 2.75) is 25.8 Å². The number of nitrogens with zero attached hydrogens (tertiary/aromatic N) is 3. The number of anilines is 1. The van der Waals surface area contributed by atoms with Crippen molar-refractivity contribution in [3.63, 3.8) is 0 Å². The van der Waals surface area contributed by atoms with E-state index in [1.807, 2.05) is 0 Å². The highest BCUT2D eigenvalue weighted by Crippen LogP contribution is 2.29. The molecule has 0 amide bonds. The summed E-state index contributed by atoms with van der Waals surface area (Å²) in [6, 6.07) is 9.00. The lowest BCUT2D eigenvalue weighted by atomic mass is 10.2. The fourth-order valence-electron chi connectivity index (χ4n) is 3.55. The molecule has 3 rings (SSSR count). The summed E-state index contributed by atoms with van der Waals surface area (Å²) in [5, 5.41) is 3.24. The first-order valence-electron chi connectivity index (χ1n) is 9.42. The van der Waals surface area contributed by atoms with Gasteiger partial charge in [0.2, 0.25) is 0 Å². The topological polar surface area (TPSA) is 66.1 Å². The number of fused-ring (bicyclic) bond motifs is 1. The fraction of sp³-hybridized carbons (Fsp3) is 0.632. The maximum atomic E-state index is 6.02. The molecule has 1 atom stereocenters. The molecule has 2 heterocycles. The Balaban J connectivity index is 1.36. The highest BCUT2D eigenvalue weighted by Gasteiger charge is 2.22. The smallest absolute Gasteiger partial charge is 0.188 e. The Kier molecular flexibility index (Phi) is 6.53. The van der Waals surface area contributed by atoms with Crippen LogP contribution in [0.15, 0.2) is 29.3 Å². The lowest BCUT2D eigenvalue weighted by molar-refractivity contribution is 0.0376. The normalized spacial score (nSPS) is 19.7. The second-order valence-electron chi connectivity index (χ2n) is 6.88. The van der Waals surface area contributed by atoms with Crippen LogP contribution in [0.5, 0.6) is 0 Å². The number of ether oxygens (including phenoxy) is 1. The third-order valence-electron chi connectivity index (χ3n) is 5.04. The lowest BCUT2D eigenvalue weighted by Crippen LogP contribution is -2.39. The van der Waals surface area contributed by atoms with Crippen molar-refractivity contribution in [3.8, 4) is 0 Å². The molecule has 0 radical (unpaired) electrons. The summed E-state index contributed by atoms with van der Waals surface area (Å²) >= 11 is 0. The first kappa shape index (κ1) is 18.0. The van der Waals surface area contributed by atoms with Gasteiger partial charge in [-0.3, -0.25) is 9.89 Å². The summed E-state index contributed by atoms with van der Waals surface area (Å²) in [6.07, 6.45) is 2.20. The Hall–Kier alpha value is -1.79. The van der Waals surface area contributed by atoms with Crippen LogP contribution in [0.25, 0.3) is 0 Å². The van der Waals surface area contributed by atoms with Crippen molar-refractivity contribution in [2.75, 3.05) is 57.4 Å². The van der Waals surface area contributed by atoms with E-state index in [9.17, 15) is 0 Å². The Bertz CT molecular complexity index is 571. The number of rotatable bonds is 7. The van der Waals surface area contributed by atoms with Gasteiger partial charge in [-0.15, -0.1) is 0 Å². The van der Waals surface area contributed by atoms with Gasteiger partial charge >= 0.3 is 0 Å². The summed E-state index contributed by atoms with van der Waals surface area (Å²) in [5.41, 5.74) is 8.81. The number of hydrogen-bond acceptors (Lipinski definition) is 4. The quantitative estimate of drug-likeness (QED) is 0.440. The predicted molar refractivity (Wildman–Crippen MR) is 103 cm³/mol. The van der Waals surface area contributed by atoms with Crippen molar-refractivity contribution in [1.82, 2.24) is 10.2 Å². The van der Waals surface area contributed by atoms with Crippen LogP contribution in [0.3, 0.4) is 0 Å². The summed E-state index contributed by atoms with van der Waals surface area (Å²) < 4.78 is 5.36. The summed E-state index contributed by atoms with van der Waals surface area (Å²) in [5.74, 6) is 0.557. The number of benzene rings is 1. The molecule has 6 heteroatoms. The molecule has 1 fully saturated rings. The molecule has 6 nitrogen and oxygen atoms in total. The third kappa shape index (κ3) is 5.09. The number of nitrogens with two attached hydrogens (primary N) is 1. The molecule has 0 aliphatic carbocycles. The molecule has 25 heavy (non-hydrogen) atoms. The van der Waals surface area contributed by atoms with Gasteiger partial charge in [0.15, 0.2) is 5.96 Å². The van der Waals surface area contributed by atoms with E-state index < -0.39 is 0 Å². The van der Waals surface area contributed by atoms with E-state index in [4.69, 9.17) is 10.5 Å². The number of guanidine groups is 1. The molecule has 138 valence electrons. The Labute approximate surface area is 151 Å². The molecule has 1 aromatic rings. The van der Waals surface area contributed by atoms with Crippen molar-refractivity contribution in [3.05, 3.63) is 29.8 Å². The van der Waals surface area contributed by atoms with E-state index in [1.165, 1.54) is 11.3 Å². The zero-order valence-corrected chi connectivity index (χ0v) is 15.3.